The average molecular weight is 253 g/mol. The molecule has 0 bridgehead atoms. The first kappa shape index (κ1) is 13.0. The van der Waals surface area contributed by atoms with Crippen LogP contribution in [0.5, 0.6) is 0 Å². The Labute approximate surface area is 109 Å². The van der Waals surface area contributed by atoms with Crippen molar-refractivity contribution in [2.45, 2.75) is 61.6 Å². The summed E-state index contributed by atoms with van der Waals surface area (Å²) in [4.78, 5) is 1.32. The molecule has 1 fully saturated rings. The molecule has 0 saturated heterocycles. The van der Waals surface area contributed by atoms with Gasteiger partial charge >= 0.3 is 0 Å². The summed E-state index contributed by atoms with van der Waals surface area (Å²) < 4.78 is 5.39. The van der Waals surface area contributed by atoms with Crippen LogP contribution in [0.4, 0.5) is 0 Å². The molecule has 17 heavy (non-hydrogen) atoms. The number of hydrogen-bond acceptors (Lipinski definition) is 3. The summed E-state index contributed by atoms with van der Waals surface area (Å²) in [6.45, 7) is 2.06. The zero-order valence-corrected chi connectivity index (χ0v) is 11.7. The molecule has 1 saturated carbocycles. The van der Waals surface area contributed by atoms with Crippen molar-refractivity contribution >= 4 is 11.8 Å². The zero-order valence-electron chi connectivity index (χ0n) is 10.9. The second kappa shape index (κ2) is 6.50. The van der Waals surface area contributed by atoms with Crippen molar-refractivity contribution in [3.05, 3.63) is 18.1 Å². The summed E-state index contributed by atoms with van der Waals surface area (Å²) in [5, 5.41) is 4.19. The molecule has 2 rings (SSSR count). The van der Waals surface area contributed by atoms with Crippen molar-refractivity contribution < 1.29 is 4.42 Å². The number of furan rings is 1. The van der Waals surface area contributed by atoms with E-state index >= 15 is 0 Å². The van der Waals surface area contributed by atoms with Crippen LogP contribution < -0.4 is 5.32 Å². The van der Waals surface area contributed by atoms with Gasteiger partial charge in [0.2, 0.25) is 0 Å². The molecular weight excluding hydrogens is 230 g/mol. The fraction of sp³-hybridized carbons (Fsp3) is 0.714. The Bertz CT molecular complexity index is 337. The fourth-order valence-corrected chi connectivity index (χ4v) is 3.98. The molecular formula is C14H23NOS. The van der Waals surface area contributed by atoms with Crippen LogP contribution >= 0.6 is 11.8 Å². The Morgan fingerprint density at radius 1 is 1.24 bits per heavy atom. The molecule has 3 heteroatoms. The van der Waals surface area contributed by atoms with E-state index in [4.69, 9.17) is 4.42 Å². The topological polar surface area (TPSA) is 25.2 Å². The molecule has 1 aliphatic carbocycles. The predicted molar refractivity (Wildman–Crippen MR) is 73.6 cm³/mol. The summed E-state index contributed by atoms with van der Waals surface area (Å²) in [5.41, 5.74) is 0. The average Bonchev–Trinajstić information content (AvgIpc) is 2.69. The minimum absolute atomic E-state index is 0.648. The number of hydrogen-bond donors (Lipinski definition) is 1. The molecule has 0 spiro atoms. The largest absolute Gasteiger partial charge is 0.468 e. The van der Waals surface area contributed by atoms with E-state index in [1.807, 2.05) is 11.8 Å². The molecule has 96 valence electrons. The number of thioether (sulfide) groups is 1. The molecule has 1 N–H and O–H groups in total. The second-order valence-corrected chi connectivity index (χ2v) is 6.17. The minimum atomic E-state index is 0.648. The molecule has 1 heterocycles. The zero-order chi connectivity index (χ0) is 12.1. The fourth-order valence-electron chi connectivity index (χ4n) is 2.58. The van der Waals surface area contributed by atoms with Crippen molar-refractivity contribution in [3.8, 4) is 0 Å². The van der Waals surface area contributed by atoms with Crippen molar-refractivity contribution in [1.82, 2.24) is 5.32 Å². The smallest absolute Gasteiger partial charge is 0.114 e. The number of nitrogens with one attached hydrogen (secondary N) is 1. The quantitative estimate of drug-likeness (QED) is 0.881. The third-order valence-corrected chi connectivity index (χ3v) is 5.21. The lowest BCUT2D eigenvalue weighted by molar-refractivity contribution is 0.420. The van der Waals surface area contributed by atoms with Crippen LogP contribution in [0.25, 0.3) is 0 Å². The van der Waals surface area contributed by atoms with Gasteiger partial charge in [0.05, 0.1) is 6.26 Å². The lowest BCUT2D eigenvalue weighted by Gasteiger charge is -2.28. The van der Waals surface area contributed by atoms with Gasteiger partial charge in [0.15, 0.2) is 0 Å². The van der Waals surface area contributed by atoms with Crippen molar-refractivity contribution in [3.63, 3.8) is 0 Å². The SMILES string of the molecule is CNC1CCCCCCC1Sc1ccoc1C. The van der Waals surface area contributed by atoms with Crippen LogP contribution in [-0.4, -0.2) is 18.3 Å². The highest BCUT2D eigenvalue weighted by molar-refractivity contribution is 8.00. The molecule has 1 aromatic rings. The van der Waals surface area contributed by atoms with E-state index in [-0.39, 0.29) is 0 Å². The van der Waals surface area contributed by atoms with E-state index in [1.54, 1.807) is 6.26 Å². The molecule has 0 amide bonds. The van der Waals surface area contributed by atoms with Crippen molar-refractivity contribution in [1.29, 1.82) is 0 Å². The highest BCUT2D eigenvalue weighted by Gasteiger charge is 2.23. The van der Waals surface area contributed by atoms with Gasteiger partial charge in [-0.05, 0) is 32.9 Å². The van der Waals surface area contributed by atoms with Crippen LogP contribution in [0.1, 0.15) is 44.3 Å². The predicted octanol–water partition coefficient (Wildman–Crippen LogP) is 3.99. The lowest BCUT2D eigenvalue weighted by atomic mass is 9.96. The maximum absolute atomic E-state index is 5.39. The maximum Gasteiger partial charge on any atom is 0.114 e. The van der Waals surface area contributed by atoms with Gasteiger partial charge in [0.1, 0.15) is 5.76 Å². The van der Waals surface area contributed by atoms with Crippen molar-refractivity contribution in [2.24, 2.45) is 0 Å². The summed E-state index contributed by atoms with van der Waals surface area (Å²) in [7, 11) is 2.10. The van der Waals surface area contributed by atoms with Crippen LogP contribution in [0.2, 0.25) is 0 Å². The Morgan fingerprint density at radius 3 is 2.65 bits per heavy atom. The monoisotopic (exact) mass is 253 g/mol. The standard InChI is InChI=1S/C14H23NOS/c1-11-13(9-10-16-11)17-14-8-6-4-3-5-7-12(14)15-2/h9-10,12,14-15H,3-8H2,1-2H3. The van der Waals surface area contributed by atoms with E-state index in [2.05, 4.69) is 25.4 Å². The van der Waals surface area contributed by atoms with Gasteiger partial charge < -0.3 is 9.73 Å². The van der Waals surface area contributed by atoms with Gasteiger partial charge in [-0.15, -0.1) is 11.8 Å². The molecule has 0 radical (unpaired) electrons. The summed E-state index contributed by atoms with van der Waals surface area (Å²) in [5.74, 6) is 1.06. The summed E-state index contributed by atoms with van der Waals surface area (Å²) in [6, 6.07) is 2.75. The number of aryl methyl sites for hydroxylation is 1. The molecule has 2 nitrogen and oxygen atoms in total. The van der Waals surface area contributed by atoms with Gasteiger partial charge in [0.25, 0.3) is 0 Å². The number of rotatable bonds is 3. The Kier molecular flexibility index (Phi) is 4.99. The lowest BCUT2D eigenvalue weighted by Crippen LogP contribution is -2.36. The van der Waals surface area contributed by atoms with Crippen LogP contribution in [0, 0.1) is 6.92 Å². The van der Waals surface area contributed by atoms with E-state index in [9.17, 15) is 0 Å². The van der Waals surface area contributed by atoms with E-state index < -0.39 is 0 Å². The Hall–Kier alpha value is -0.410. The van der Waals surface area contributed by atoms with Crippen LogP contribution in [0.15, 0.2) is 21.6 Å². The Balaban J connectivity index is 2.01. The van der Waals surface area contributed by atoms with Crippen LogP contribution in [-0.2, 0) is 0 Å². The Morgan fingerprint density at radius 2 is 2.00 bits per heavy atom. The third-order valence-electron chi connectivity index (χ3n) is 3.66. The normalized spacial score (nSPS) is 26.5. The first-order valence-corrected chi connectivity index (χ1v) is 7.57. The molecule has 0 aliphatic heterocycles. The van der Waals surface area contributed by atoms with Gasteiger partial charge in [-0.2, -0.15) is 0 Å². The summed E-state index contributed by atoms with van der Waals surface area (Å²) >= 11 is 2.00. The first-order chi connectivity index (χ1) is 8.31. The summed E-state index contributed by atoms with van der Waals surface area (Å²) in [6.07, 6.45) is 9.97. The van der Waals surface area contributed by atoms with Gasteiger partial charge in [-0.25, -0.2) is 0 Å². The molecule has 2 atom stereocenters. The van der Waals surface area contributed by atoms with E-state index in [0.717, 1.165) is 5.76 Å². The highest BCUT2D eigenvalue weighted by Crippen LogP contribution is 2.34. The van der Waals surface area contributed by atoms with E-state index in [0.29, 0.717) is 11.3 Å². The maximum atomic E-state index is 5.39. The van der Waals surface area contributed by atoms with Gasteiger partial charge in [0, 0.05) is 16.2 Å². The second-order valence-electron chi connectivity index (χ2n) is 4.88. The molecule has 1 aromatic heterocycles. The van der Waals surface area contributed by atoms with Gasteiger partial charge in [-0.1, -0.05) is 25.7 Å². The molecule has 0 aromatic carbocycles. The molecule has 1 aliphatic rings. The third kappa shape index (κ3) is 3.52. The minimum Gasteiger partial charge on any atom is -0.468 e. The van der Waals surface area contributed by atoms with Crippen LogP contribution in [0.3, 0.4) is 0 Å². The molecule has 2 unspecified atom stereocenters. The van der Waals surface area contributed by atoms with Crippen molar-refractivity contribution in [2.75, 3.05) is 7.05 Å². The highest BCUT2D eigenvalue weighted by atomic mass is 32.2. The first-order valence-electron chi connectivity index (χ1n) is 6.69. The van der Waals surface area contributed by atoms with E-state index in [1.165, 1.54) is 43.4 Å². The van der Waals surface area contributed by atoms with Gasteiger partial charge in [-0.3, -0.25) is 0 Å².